The minimum absolute atomic E-state index is 0.00374. The summed E-state index contributed by atoms with van der Waals surface area (Å²) in [6.45, 7) is 1.80. The summed E-state index contributed by atoms with van der Waals surface area (Å²) in [5, 5.41) is 5.24. The van der Waals surface area contributed by atoms with Gasteiger partial charge in [-0.15, -0.1) is 11.3 Å². The first-order valence-corrected chi connectivity index (χ1v) is 10.3. The molecule has 0 bridgehead atoms. The molecule has 4 rings (SSSR count). The molecule has 0 aliphatic rings. The first-order valence-electron chi connectivity index (χ1n) is 9.48. The van der Waals surface area contributed by atoms with Crippen LogP contribution in [0.3, 0.4) is 0 Å². The van der Waals surface area contributed by atoms with Crippen LogP contribution in [0.4, 0.5) is 13.2 Å². The Hall–Kier alpha value is -3.40. The molecule has 0 radical (unpaired) electrons. The summed E-state index contributed by atoms with van der Waals surface area (Å²) < 4.78 is 51.1. The molecule has 2 aromatic carbocycles. The maximum atomic E-state index is 13.0. The van der Waals surface area contributed by atoms with Crippen LogP contribution >= 0.6 is 11.3 Å². The van der Waals surface area contributed by atoms with Crippen molar-refractivity contribution in [1.29, 1.82) is 0 Å². The molecule has 4 aromatic rings. The maximum absolute atomic E-state index is 13.0. The summed E-state index contributed by atoms with van der Waals surface area (Å²) in [6, 6.07) is 9.93. The van der Waals surface area contributed by atoms with Gasteiger partial charge in [0, 0.05) is 5.56 Å². The van der Waals surface area contributed by atoms with Crippen molar-refractivity contribution in [2.24, 2.45) is 0 Å². The van der Waals surface area contributed by atoms with E-state index < -0.39 is 17.3 Å². The lowest BCUT2D eigenvalue weighted by Crippen LogP contribution is -2.24. The molecule has 0 aliphatic carbocycles. The molecule has 0 saturated carbocycles. The zero-order valence-corrected chi connectivity index (χ0v) is 18.2. The summed E-state index contributed by atoms with van der Waals surface area (Å²) >= 11 is 1.35. The van der Waals surface area contributed by atoms with Crippen LogP contribution in [-0.2, 0) is 12.7 Å². The highest BCUT2D eigenvalue weighted by Crippen LogP contribution is 2.35. The Kier molecular flexibility index (Phi) is 5.64. The smallest absolute Gasteiger partial charge is 0.416 e. The number of hydrogen-bond donors (Lipinski definition) is 0. The quantitative estimate of drug-likeness (QED) is 0.422. The number of methoxy groups -OCH3 is 2. The predicted octanol–water partition coefficient (Wildman–Crippen LogP) is 4.91. The van der Waals surface area contributed by atoms with Crippen molar-refractivity contribution >= 4 is 21.6 Å². The van der Waals surface area contributed by atoms with E-state index >= 15 is 0 Å². The first kappa shape index (κ1) is 21.8. The van der Waals surface area contributed by atoms with Gasteiger partial charge in [0.2, 0.25) is 0 Å². The van der Waals surface area contributed by atoms with Crippen LogP contribution in [0.15, 0.2) is 47.3 Å². The van der Waals surface area contributed by atoms with Crippen LogP contribution in [0.1, 0.15) is 16.1 Å². The zero-order valence-electron chi connectivity index (χ0n) is 17.4. The molecule has 32 heavy (non-hydrogen) atoms. The first-order chi connectivity index (χ1) is 15.2. The number of thiazole rings is 1. The van der Waals surface area contributed by atoms with Gasteiger partial charge in [-0.2, -0.15) is 18.3 Å². The summed E-state index contributed by atoms with van der Waals surface area (Å²) in [4.78, 5) is 17.4. The largest absolute Gasteiger partial charge is 0.493 e. The van der Waals surface area contributed by atoms with Crippen LogP contribution in [0.5, 0.6) is 11.5 Å². The van der Waals surface area contributed by atoms with Crippen LogP contribution < -0.4 is 15.0 Å². The van der Waals surface area contributed by atoms with Crippen molar-refractivity contribution in [1.82, 2.24) is 14.8 Å². The van der Waals surface area contributed by atoms with Gasteiger partial charge in [-0.3, -0.25) is 4.79 Å². The van der Waals surface area contributed by atoms with Crippen LogP contribution in [0.25, 0.3) is 21.5 Å². The van der Waals surface area contributed by atoms with Gasteiger partial charge >= 0.3 is 6.18 Å². The highest BCUT2D eigenvalue weighted by molar-refractivity contribution is 7.19. The number of alkyl halides is 3. The van der Waals surface area contributed by atoms with E-state index in [1.807, 2.05) is 0 Å². The highest BCUT2D eigenvalue weighted by Gasteiger charge is 2.30. The number of rotatable bonds is 5. The fraction of sp³-hybridized carbons (Fsp3) is 0.227. The lowest BCUT2D eigenvalue weighted by Gasteiger charge is -2.12. The number of benzene rings is 2. The molecule has 10 heteroatoms. The normalized spacial score (nSPS) is 11.7. The van der Waals surface area contributed by atoms with E-state index in [0.717, 1.165) is 12.1 Å². The standard InChI is InChI=1S/C22H18F3N3O3S/c1-12-26-19-20(32-12)18(14-6-9-16(30-2)17(10-14)31-3)27-28(21(19)29)11-13-4-7-15(8-5-13)22(23,24)25/h4-10H,11H2,1-3H3. The van der Waals surface area contributed by atoms with E-state index in [0.29, 0.717) is 38.0 Å². The van der Waals surface area contributed by atoms with E-state index in [9.17, 15) is 18.0 Å². The Bertz CT molecular complexity index is 1350. The van der Waals surface area contributed by atoms with Gasteiger partial charge in [-0.1, -0.05) is 12.1 Å². The van der Waals surface area contributed by atoms with Gasteiger partial charge in [0.1, 0.15) is 5.69 Å². The molecule has 0 amide bonds. The third kappa shape index (κ3) is 4.05. The summed E-state index contributed by atoms with van der Waals surface area (Å²) in [5.74, 6) is 1.05. The fourth-order valence-corrected chi connectivity index (χ4v) is 4.24. The molecule has 2 aromatic heterocycles. The number of halogens is 3. The molecular weight excluding hydrogens is 443 g/mol. The van der Waals surface area contributed by atoms with E-state index in [2.05, 4.69) is 10.1 Å². The lowest BCUT2D eigenvalue weighted by atomic mass is 10.1. The third-order valence-corrected chi connectivity index (χ3v) is 5.85. The van der Waals surface area contributed by atoms with Gasteiger partial charge in [-0.25, -0.2) is 9.67 Å². The van der Waals surface area contributed by atoms with Crippen LogP contribution in [0.2, 0.25) is 0 Å². The number of aryl methyl sites for hydroxylation is 1. The average Bonchev–Trinajstić information content (AvgIpc) is 3.17. The molecule has 0 N–H and O–H groups in total. The summed E-state index contributed by atoms with van der Waals surface area (Å²) in [6.07, 6.45) is -4.43. The van der Waals surface area contributed by atoms with E-state index in [1.54, 1.807) is 25.1 Å². The van der Waals surface area contributed by atoms with Crippen molar-refractivity contribution in [3.63, 3.8) is 0 Å². The van der Waals surface area contributed by atoms with Gasteiger partial charge in [0.05, 0.1) is 36.0 Å². The maximum Gasteiger partial charge on any atom is 0.416 e. The molecule has 2 heterocycles. The number of nitrogens with zero attached hydrogens (tertiary/aromatic N) is 3. The molecular formula is C22H18F3N3O3S. The molecule has 6 nitrogen and oxygen atoms in total. The van der Waals surface area contributed by atoms with Crippen LogP contribution in [0, 0.1) is 6.92 Å². The van der Waals surface area contributed by atoms with Gasteiger partial charge in [0.15, 0.2) is 17.0 Å². The fourth-order valence-electron chi connectivity index (χ4n) is 3.32. The highest BCUT2D eigenvalue weighted by atomic mass is 32.1. The molecule has 0 atom stereocenters. The second-order valence-corrected chi connectivity index (χ2v) is 8.19. The minimum Gasteiger partial charge on any atom is -0.493 e. The monoisotopic (exact) mass is 461 g/mol. The Balaban J connectivity index is 1.83. The van der Waals surface area contributed by atoms with Crippen molar-refractivity contribution < 1.29 is 22.6 Å². The Morgan fingerprint density at radius 3 is 2.34 bits per heavy atom. The van der Waals surface area contributed by atoms with E-state index in [1.165, 1.54) is 42.4 Å². The van der Waals surface area contributed by atoms with Gasteiger partial charge in [-0.05, 0) is 42.8 Å². The molecule has 0 fully saturated rings. The lowest BCUT2D eigenvalue weighted by molar-refractivity contribution is -0.137. The second kappa shape index (κ2) is 8.27. The predicted molar refractivity (Wildman–Crippen MR) is 115 cm³/mol. The third-order valence-electron chi connectivity index (χ3n) is 4.88. The zero-order chi connectivity index (χ0) is 23.0. The second-order valence-electron chi connectivity index (χ2n) is 6.99. The number of ether oxygens (including phenoxy) is 2. The number of fused-ring (bicyclic) bond motifs is 1. The SMILES string of the molecule is COc1ccc(-c2nn(Cc3ccc(C(F)(F)F)cc3)c(=O)c3nc(C)sc23)cc1OC. The van der Waals surface area contributed by atoms with Crippen molar-refractivity contribution in [2.45, 2.75) is 19.6 Å². The topological polar surface area (TPSA) is 66.2 Å². The Morgan fingerprint density at radius 2 is 1.72 bits per heavy atom. The summed E-state index contributed by atoms with van der Waals surface area (Å²) in [7, 11) is 3.05. The number of hydrogen-bond acceptors (Lipinski definition) is 6. The molecule has 0 saturated heterocycles. The summed E-state index contributed by atoms with van der Waals surface area (Å²) in [5.41, 5.74) is 0.832. The molecule has 0 aliphatic heterocycles. The average molecular weight is 461 g/mol. The molecule has 0 unspecified atom stereocenters. The van der Waals surface area contributed by atoms with Crippen molar-refractivity contribution in [2.75, 3.05) is 14.2 Å². The molecule has 166 valence electrons. The van der Waals surface area contributed by atoms with Crippen LogP contribution in [-0.4, -0.2) is 29.0 Å². The van der Waals surface area contributed by atoms with E-state index in [-0.39, 0.29) is 12.1 Å². The number of aromatic nitrogens is 3. The van der Waals surface area contributed by atoms with E-state index in [4.69, 9.17) is 9.47 Å². The Labute approximate surface area is 184 Å². The van der Waals surface area contributed by atoms with Crippen molar-refractivity contribution in [3.05, 3.63) is 69.0 Å². The van der Waals surface area contributed by atoms with Crippen molar-refractivity contribution in [3.8, 4) is 22.8 Å². The van der Waals surface area contributed by atoms with Gasteiger partial charge < -0.3 is 9.47 Å². The minimum atomic E-state index is -4.43. The van der Waals surface area contributed by atoms with Gasteiger partial charge in [0.25, 0.3) is 5.56 Å². The Morgan fingerprint density at radius 1 is 1.03 bits per heavy atom. The molecule has 0 spiro atoms.